The van der Waals surface area contributed by atoms with Crippen LogP contribution in [0.2, 0.25) is 0 Å². The van der Waals surface area contributed by atoms with Gasteiger partial charge in [0.25, 0.3) is 6.01 Å². The number of carbonyl (C=O) groups is 1. The predicted molar refractivity (Wildman–Crippen MR) is 139 cm³/mol. The van der Waals surface area contributed by atoms with Crippen LogP contribution in [-0.4, -0.2) is 85.9 Å². The zero-order chi connectivity index (χ0) is 25.5. The number of ether oxygens (including phenoxy) is 2. The Bertz CT molecular complexity index is 1440. The number of nitrogens with zero attached hydrogens (tertiary/aromatic N) is 8. The summed E-state index contributed by atoms with van der Waals surface area (Å²) in [6.07, 6.45) is 2.52. The van der Waals surface area contributed by atoms with E-state index in [2.05, 4.69) is 16.7 Å². The van der Waals surface area contributed by atoms with Crippen LogP contribution in [0.3, 0.4) is 0 Å². The van der Waals surface area contributed by atoms with Crippen LogP contribution in [0.15, 0.2) is 24.3 Å². The molecule has 1 aromatic carbocycles. The van der Waals surface area contributed by atoms with Crippen molar-refractivity contribution in [2.45, 2.75) is 32.9 Å². The Labute approximate surface area is 215 Å². The number of aromatic nitrogens is 6. The Morgan fingerprint density at radius 1 is 1.14 bits per heavy atom. The van der Waals surface area contributed by atoms with E-state index in [0.717, 1.165) is 61.4 Å². The van der Waals surface area contributed by atoms with Crippen molar-refractivity contribution in [3.8, 4) is 12.0 Å². The summed E-state index contributed by atoms with van der Waals surface area (Å²) in [6.45, 7) is 8.32. The lowest BCUT2D eigenvalue weighted by Gasteiger charge is -2.40. The fourth-order valence-electron chi connectivity index (χ4n) is 5.05. The smallest absolute Gasteiger partial charge is 0.300 e. The molecule has 0 spiro atoms. The zero-order valence-electron chi connectivity index (χ0n) is 21.5. The number of imidazole rings is 2. The molecular weight excluding hydrogens is 472 g/mol. The van der Waals surface area contributed by atoms with Crippen LogP contribution >= 0.6 is 0 Å². The Kier molecular flexibility index (Phi) is 6.25. The number of rotatable bonds is 8. The normalized spacial score (nSPS) is 19.3. The highest BCUT2D eigenvalue weighted by atomic mass is 16.5. The van der Waals surface area contributed by atoms with Crippen LogP contribution in [0.5, 0.6) is 6.01 Å². The lowest BCUT2D eigenvalue weighted by molar-refractivity contribution is -0.114. The molecule has 6 rings (SSSR count). The van der Waals surface area contributed by atoms with Crippen LogP contribution in [0.4, 0.5) is 5.82 Å². The molecule has 194 valence electrons. The molecule has 0 N–H and O–H groups in total. The summed E-state index contributed by atoms with van der Waals surface area (Å²) < 4.78 is 15.9. The second-order valence-corrected chi connectivity index (χ2v) is 9.75. The van der Waals surface area contributed by atoms with E-state index in [4.69, 9.17) is 29.4 Å². The number of hydrogen-bond acceptors (Lipinski definition) is 9. The minimum atomic E-state index is -0.110. The van der Waals surface area contributed by atoms with Crippen LogP contribution in [-0.2, 0) is 23.0 Å². The monoisotopic (exact) mass is 504 g/mol. The van der Waals surface area contributed by atoms with Crippen LogP contribution in [0, 0.1) is 5.92 Å². The summed E-state index contributed by atoms with van der Waals surface area (Å²) >= 11 is 0. The molecule has 0 bridgehead atoms. The van der Waals surface area contributed by atoms with E-state index in [1.54, 1.807) is 0 Å². The molecule has 11 heteroatoms. The predicted octanol–water partition coefficient (Wildman–Crippen LogP) is 2.35. The summed E-state index contributed by atoms with van der Waals surface area (Å²) in [5, 5.41) is 0. The maximum absolute atomic E-state index is 11.1. The Morgan fingerprint density at radius 2 is 1.95 bits per heavy atom. The second kappa shape index (κ2) is 9.71. The van der Waals surface area contributed by atoms with Gasteiger partial charge >= 0.3 is 0 Å². The molecule has 11 nitrogen and oxygen atoms in total. The number of para-hydroxylation sites is 2. The van der Waals surface area contributed by atoms with Gasteiger partial charge in [0, 0.05) is 52.0 Å². The summed E-state index contributed by atoms with van der Waals surface area (Å²) in [5.74, 6) is 2.21. The summed E-state index contributed by atoms with van der Waals surface area (Å²) in [4.78, 5) is 35.3. The average molecular weight is 505 g/mol. The van der Waals surface area contributed by atoms with Gasteiger partial charge in [-0.3, -0.25) is 14.0 Å². The molecule has 2 unspecified atom stereocenters. The third-order valence-corrected chi connectivity index (χ3v) is 7.17. The molecule has 0 radical (unpaired) electrons. The van der Waals surface area contributed by atoms with Gasteiger partial charge in [0.15, 0.2) is 23.2 Å². The first-order valence-corrected chi connectivity index (χ1v) is 13.0. The number of morpholine rings is 1. The van der Waals surface area contributed by atoms with Crippen molar-refractivity contribution in [1.82, 2.24) is 34.0 Å². The van der Waals surface area contributed by atoms with Crippen LogP contribution in [0.1, 0.15) is 26.1 Å². The lowest BCUT2D eigenvalue weighted by atomic mass is 10.1. The van der Waals surface area contributed by atoms with Gasteiger partial charge in [-0.25, -0.2) is 4.98 Å². The van der Waals surface area contributed by atoms with E-state index in [-0.39, 0.29) is 12.1 Å². The number of aldehydes is 1. The number of fused-ring (bicyclic) bond motifs is 2. The van der Waals surface area contributed by atoms with Gasteiger partial charge in [0.2, 0.25) is 5.95 Å². The number of aryl methyl sites for hydroxylation is 2. The lowest BCUT2D eigenvalue weighted by Crippen LogP contribution is -2.52. The van der Waals surface area contributed by atoms with Crippen molar-refractivity contribution in [3.63, 3.8) is 0 Å². The molecule has 3 aromatic heterocycles. The van der Waals surface area contributed by atoms with Gasteiger partial charge in [0.1, 0.15) is 12.1 Å². The highest BCUT2D eigenvalue weighted by molar-refractivity contribution is 5.86. The van der Waals surface area contributed by atoms with Gasteiger partial charge in [-0.1, -0.05) is 26.0 Å². The molecule has 4 aromatic rings. The van der Waals surface area contributed by atoms with Crippen molar-refractivity contribution in [3.05, 3.63) is 30.1 Å². The second-order valence-electron chi connectivity index (χ2n) is 9.75. The summed E-state index contributed by atoms with van der Waals surface area (Å²) in [6, 6.07) is 8.56. The van der Waals surface area contributed by atoms with E-state index in [9.17, 15) is 4.79 Å². The molecular formula is C26H32N8O3. The molecule has 2 atom stereocenters. The van der Waals surface area contributed by atoms with Gasteiger partial charge < -0.3 is 19.2 Å². The minimum Gasteiger partial charge on any atom is -0.445 e. The van der Waals surface area contributed by atoms with Gasteiger partial charge in [-0.2, -0.15) is 15.0 Å². The molecule has 2 aliphatic heterocycles. The van der Waals surface area contributed by atoms with Crippen molar-refractivity contribution in [1.29, 1.82) is 0 Å². The summed E-state index contributed by atoms with van der Waals surface area (Å²) in [5.41, 5.74) is 3.30. The maximum Gasteiger partial charge on any atom is 0.300 e. The number of carbonyl (C=O) groups excluding carboxylic acids is 1. The Hall–Kier alpha value is -3.57. The van der Waals surface area contributed by atoms with E-state index >= 15 is 0 Å². The standard InChI is InChI=1S/C26H32N8O3/c1-4-20-27-18-7-5-6-8-19(18)34(20)25-29-23-22(24(30-25)32-11-13-36-14-12-32)28-26(31(23)3)37-21-9-10-33(21)15-17(2)16-35/h5-8,16-17,21H,4,9-15H2,1-3H3. The maximum atomic E-state index is 11.1. The number of anilines is 1. The zero-order valence-corrected chi connectivity index (χ0v) is 21.5. The number of hydrogen-bond donors (Lipinski definition) is 0. The van der Waals surface area contributed by atoms with E-state index < -0.39 is 0 Å². The van der Waals surface area contributed by atoms with Crippen molar-refractivity contribution in [2.24, 2.45) is 13.0 Å². The number of benzene rings is 1. The molecule has 0 aliphatic carbocycles. The minimum absolute atomic E-state index is 0.0362. The quantitative estimate of drug-likeness (QED) is 0.335. The van der Waals surface area contributed by atoms with Crippen molar-refractivity contribution >= 4 is 34.3 Å². The first-order chi connectivity index (χ1) is 18.1. The highest BCUT2D eigenvalue weighted by Gasteiger charge is 2.33. The Morgan fingerprint density at radius 3 is 2.68 bits per heavy atom. The van der Waals surface area contributed by atoms with Gasteiger partial charge in [0.05, 0.1) is 24.2 Å². The third-order valence-electron chi connectivity index (χ3n) is 7.17. The van der Waals surface area contributed by atoms with Gasteiger partial charge in [-0.05, 0) is 12.1 Å². The third kappa shape index (κ3) is 4.21. The van der Waals surface area contributed by atoms with E-state index in [0.29, 0.717) is 42.9 Å². The number of likely N-dealkylation sites (tertiary alicyclic amines) is 1. The summed E-state index contributed by atoms with van der Waals surface area (Å²) in [7, 11) is 1.92. The first kappa shape index (κ1) is 23.8. The molecule has 0 saturated carbocycles. The molecule has 2 aliphatic rings. The fraction of sp³-hybridized carbons (Fsp3) is 0.500. The van der Waals surface area contributed by atoms with Crippen molar-refractivity contribution < 1.29 is 14.3 Å². The molecule has 0 amide bonds. The Balaban J connectivity index is 1.45. The molecule has 5 heterocycles. The molecule has 2 fully saturated rings. The van der Waals surface area contributed by atoms with Gasteiger partial charge in [-0.15, -0.1) is 0 Å². The largest absolute Gasteiger partial charge is 0.445 e. The topological polar surface area (TPSA) is 103 Å². The molecule has 2 saturated heterocycles. The van der Waals surface area contributed by atoms with E-state index in [1.165, 1.54) is 0 Å². The fourth-order valence-corrected chi connectivity index (χ4v) is 5.05. The highest BCUT2D eigenvalue weighted by Crippen LogP contribution is 2.31. The SMILES string of the molecule is CCc1nc2ccccc2n1-c1nc(N2CCOCC2)c2nc(OC3CCN3CC(C)C=O)n(C)c2n1. The molecule has 37 heavy (non-hydrogen) atoms. The van der Waals surface area contributed by atoms with E-state index in [1.807, 2.05) is 47.4 Å². The van der Waals surface area contributed by atoms with Crippen molar-refractivity contribution in [2.75, 3.05) is 44.3 Å². The average Bonchev–Trinajstić information content (AvgIpc) is 3.46. The van der Waals surface area contributed by atoms with Crippen LogP contribution in [0.25, 0.3) is 28.1 Å². The van der Waals surface area contributed by atoms with Crippen LogP contribution < -0.4 is 9.64 Å². The first-order valence-electron chi connectivity index (χ1n) is 13.0.